The summed E-state index contributed by atoms with van der Waals surface area (Å²) in [4.78, 5) is 2.37. The van der Waals surface area contributed by atoms with Crippen molar-refractivity contribution >= 4 is 5.69 Å². The largest absolute Gasteiger partial charge is 0.497 e. The Kier molecular flexibility index (Phi) is 5.05. The molecule has 1 N–H and O–H groups in total. The molecule has 1 fully saturated rings. The molecular formula is C15H21N3O. The highest BCUT2D eigenvalue weighted by Crippen LogP contribution is 2.20. The number of nitriles is 1. The van der Waals surface area contributed by atoms with Crippen molar-refractivity contribution in [3.63, 3.8) is 0 Å². The van der Waals surface area contributed by atoms with Crippen molar-refractivity contribution in [2.24, 2.45) is 0 Å². The number of rotatable bonds is 5. The van der Waals surface area contributed by atoms with Crippen molar-refractivity contribution in [1.82, 2.24) is 4.90 Å². The number of nitrogens with one attached hydrogen (secondary N) is 1. The zero-order chi connectivity index (χ0) is 13.5. The van der Waals surface area contributed by atoms with Gasteiger partial charge < -0.3 is 15.0 Å². The summed E-state index contributed by atoms with van der Waals surface area (Å²) >= 11 is 0. The zero-order valence-corrected chi connectivity index (χ0v) is 11.4. The molecule has 0 unspecified atom stereocenters. The maximum atomic E-state index is 8.59. The van der Waals surface area contributed by atoms with E-state index in [1.807, 2.05) is 18.2 Å². The van der Waals surface area contributed by atoms with Crippen molar-refractivity contribution in [1.29, 1.82) is 5.26 Å². The SMILES string of the molecule is COc1cccc(NC2CCN(CCC#N)CC2)c1. The number of ether oxygens (including phenoxy) is 1. The van der Waals surface area contributed by atoms with Crippen LogP contribution in [0.25, 0.3) is 0 Å². The van der Waals surface area contributed by atoms with Crippen LogP contribution < -0.4 is 10.1 Å². The molecule has 1 aliphatic rings. The Morgan fingerprint density at radius 1 is 1.42 bits per heavy atom. The fourth-order valence-corrected chi connectivity index (χ4v) is 2.46. The molecule has 0 atom stereocenters. The van der Waals surface area contributed by atoms with E-state index in [4.69, 9.17) is 10.00 Å². The van der Waals surface area contributed by atoms with Crippen molar-refractivity contribution in [3.8, 4) is 11.8 Å². The van der Waals surface area contributed by atoms with Crippen LogP contribution in [0.2, 0.25) is 0 Å². The van der Waals surface area contributed by atoms with Gasteiger partial charge in [0.15, 0.2) is 0 Å². The van der Waals surface area contributed by atoms with E-state index in [2.05, 4.69) is 22.4 Å². The van der Waals surface area contributed by atoms with Crippen molar-refractivity contribution in [3.05, 3.63) is 24.3 Å². The highest BCUT2D eigenvalue weighted by Gasteiger charge is 2.18. The van der Waals surface area contributed by atoms with Crippen molar-refractivity contribution in [2.45, 2.75) is 25.3 Å². The van der Waals surface area contributed by atoms with E-state index in [1.54, 1.807) is 7.11 Å². The number of piperidine rings is 1. The Labute approximate surface area is 115 Å². The predicted molar refractivity (Wildman–Crippen MR) is 76.3 cm³/mol. The molecule has 0 bridgehead atoms. The highest BCUT2D eigenvalue weighted by molar-refractivity contribution is 5.48. The first kappa shape index (κ1) is 13.7. The molecule has 0 amide bonds. The lowest BCUT2D eigenvalue weighted by Gasteiger charge is -2.32. The van der Waals surface area contributed by atoms with E-state index in [1.165, 1.54) is 0 Å². The number of nitrogens with zero attached hydrogens (tertiary/aromatic N) is 2. The number of methoxy groups -OCH3 is 1. The lowest BCUT2D eigenvalue weighted by molar-refractivity contribution is 0.223. The van der Waals surface area contributed by atoms with Crippen LogP contribution >= 0.6 is 0 Å². The van der Waals surface area contributed by atoms with Crippen LogP contribution in [0.4, 0.5) is 5.69 Å². The summed E-state index contributed by atoms with van der Waals surface area (Å²) in [7, 11) is 1.69. The van der Waals surface area contributed by atoms with Crippen LogP contribution in [-0.2, 0) is 0 Å². The number of hydrogen-bond acceptors (Lipinski definition) is 4. The summed E-state index contributed by atoms with van der Waals surface area (Å²) in [6, 6.07) is 10.8. The molecule has 0 spiro atoms. The summed E-state index contributed by atoms with van der Waals surface area (Å²) in [5.41, 5.74) is 1.12. The average Bonchev–Trinajstić information content (AvgIpc) is 2.47. The van der Waals surface area contributed by atoms with Crippen LogP contribution in [0, 0.1) is 11.3 Å². The maximum absolute atomic E-state index is 8.59. The van der Waals surface area contributed by atoms with Gasteiger partial charge in [-0.05, 0) is 25.0 Å². The van der Waals surface area contributed by atoms with E-state index in [0.717, 1.165) is 43.9 Å². The molecule has 1 heterocycles. The Hall–Kier alpha value is -1.73. The fraction of sp³-hybridized carbons (Fsp3) is 0.533. The van der Waals surface area contributed by atoms with Gasteiger partial charge in [0.25, 0.3) is 0 Å². The van der Waals surface area contributed by atoms with Crippen molar-refractivity contribution < 1.29 is 4.74 Å². The smallest absolute Gasteiger partial charge is 0.120 e. The minimum atomic E-state index is 0.519. The monoisotopic (exact) mass is 259 g/mol. The summed E-state index contributed by atoms with van der Waals surface area (Å²) in [5.74, 6) is 0.886. The number of hydrogen-bond donors (Lipinski definition) is 1. The first-order valence-electron chi connectivity index (χ1n) is 6.81. The molecule has 2 rings (SSSR count). The molecule has 4 nitrogen and oxygen atoms in total. The predicted octanol–water partition coefficient (Wildman–Crippen LogP) is 2.49. The molecule has 0 aliphatic carbocycles. The van der Waals surface area contributed by atoms with Crippen LogP contribution in [0.5, 0.6) is 5.75 Å². The first-order chi connectivity index (χ1) is 9.31. The second kappa shape index (κ2) is 7.01. The number of likely N-dealkylation sites (tertiary alicyclic amines) is 1. The quantitative estimate of drug-likeness (QED) is 0.882. The van der Waals surface area contributed by atoms with Gasteiger partial charge in [-0.25, -0.2) is 0 Å². The number of benzene rings is 1. The second-order valence-electron chi connectivity index (χ2n) is 4.90. The lowest BCUT2D eigenvalue weighted by Crippen LogP contribution is -2.39. The Bertz CT molecular complexity index is 433. The van der Waals surface area contributed by atoms with E-state index in [9.17, 15) is 0 Å². The summed E-state index contributed by atoms with van der Waals surface area (Å²) in [5, 5.41) is 12.2. The van der Waals surface area contributed by atoms with Gasteiger partial charge in [0.2, 0.25) is 0 Å². The van der Waals surface area contributed by atoms with Gasteiger partial charge in [-0.2, -0.15) is 5.26 Å². The zero-order valence-electron chi connectivity index (χ0n) is 11.4. The van der Waals surface area contributed by atoms with Gasteiger partial charge in [-0.1, -0.05) is 6.07 Å². The first-order valence-corrected chi connectivity index (χ1v) is 6.81. The van der Waals surface area contributed by atoms with Crippen LogP contribution in [-0.4, -0.2) is 37.7 Å². The van der Waals surface area contributed by atoms with Gasteiger partial charge in [0, 0.05) is 43.9 Å². The number of anilines is 1. The van der Waals surface area contributed by atoms with E-state index in [0.29, 0.717) is 12.5 Å². The highest BCUT2D eigenvalue weighted by atomic mass is 16.5. The molecule has 0 aromatic heterocycles. The summed E-state index contributed by atoms with van der Waals surface area (Å²) in [6.07, 6.45) is 2.89. The molecule has 102 valence electrons. The molecular weight excluding hydrogens is 238 g/mol. The van der Waals surface area contributed by atoms with Gasteiger partial charge in [0.1, 0.15) is 5.75 Å². The van der Waals surface area contributed by atoms with Crippen LogP contribution in [0.3, 0.4) is 0 Å². The minimum absolute atomic E-state index is 0.519. The fourth-order valence-electron chi connectivity index (χ4n) is 2.46. The molecule has 1 aromatic carbocycles. The Morgan fingerprint density at radius 3 is 2.89 bits per heavy atom. The van der Waals surface area contributed by atoms with Gasteiger partial charge in [-0.3, -0.25) is 0 Å². The molecule has 0 saturated carbocycles. The normalized spacial score (nSPS) is 16.8. The van der Waals surface area contributed by atoms with E-state index >= 15 is 0 Å². The van der Waals surface area contributed by atoms with Gasteiger partial charge in [0.05, 0.1) is 13.2 Å². The molecule has 1 aromatic rings. The Balaban J connectivity index is 1.80. The van der Waals surface area contributed by atoms with Crippen LogP contribution in [0.1, 0.15) is 19.3 Å². The minimum Gasteiger partial charge on any atom is -0.497 e. The summed E-state index contributed by atoms with van der Waals surface area (Å²) in [6.45, 7) is 3.05. The third kappa shape index (κ3) is 4.15. The Morgan fingerprint density at radius 2 is 2.21 bits per heavy atom. The second-order valence-corrected chi connectivity index (χ2v) is 4.90. The third-order valence-corrected chi connectivity index (χ3v) is 3.57. The molecule has 0 radical (unpaired) electrons. The topological polar surface area (TPSA) is 48.3 Å². The van der Waals surface area contributed by atoms with Crippen molar-refractivity contribution in [2.75, 3.05) is 32.1 Å². The third-order valence-electron chi connectivity index (χ3n) is 3.57. The standard InChI is InChI=1S/C15H21N3O/c1-19-15-5-2-4-14(12-15)17-13-6-10-18(11-7-13)9-3-8-16/h2,4-5,12-13,17H,3,6-7,9-11H2,1H3. The van der Waals surface area contributed by atoms with E-state index < -0.39 is 0 Å². The van der Waals surface area contributed by atoms with Gasteiger partial charge in [-0.15, -0.1) is 0 Å². The molecule has 19 heavy (non-hydrogen) atoms. The van der Waals surface area contributed by atoms with Crippen LogP contribution in [0.15, 0.2) is 24.3 Å². The molecule has 1 aliphatic heterocycles. The van der Waals surface area contributed by atoms with E-state index in [-0.39, 0.29) is 0 Å². The lowest BCUT2D eigenvalue weighted by atomic mass is 10.0. The molecule has 4 heteroatoms. The molecule has 1 saturated heterocycles. The average molecular weight is 259 g/mol. The van der Waals surface area contributed by atoms with Gasteiger partial charge >= 0.3 is 0 Å². The summed E-state index contributed by atoms with van der Waals surface area (Å²) < 4.78 is 5.23. The maximum Gasteiger partial charge on any atom is 0.120 e.